The number of amides is 1. The van der Waals surface area contributed by atoms with Gasteiger partial charge in [0.15, 0.2) is 0 Å². The van der Waals surface area contributed by atoms with Gasteiger partial charge in [-0.15, -0.1) is 12.4 Å². The van der Waals surface area contributed by atoms with Crippen LogP contribution in [0.1, 0.15) is 18.0 Å². The molecule has 1 aromatic carbocycles. The predicted octanol–water partition coefficient (Wildman–Crippen LogP) is 1.06. The molecular weight excluding hydrogens is 308 g/mol. The summed E-state index contributed by atoms with van der Waals surface area (Å²) in [6.45, 7) is 1.31. The molecule has 124 valence electrons. The van der Waals surface area contributed by atoms with E-state index in [2.05, 4.69) is 15.4 Å². The molecule has 22 heavy (non-hydrogen) atoms. The molecule has 1 amide bonds. The summed E-state index contributed by atoms with van der Waals surface area (Å²) in [6.07, 6.45) is 0.102. The van der Waals surface area contributed by atoms with E-state index in [9.17, 15) is 9.59 Å². The van der Waals surface area contributed by atoms with Gasteiger partial charge < -0.3 is 20.1 Å². The number of methoxy groups -OCH3 is 2. The molecule has 0 saturated carbocycles. The molecule has 1 rings (SSSR count). The fourth-order valence-electron chi connectivity index (χ4n) is 1.81. The summed E-state index contributed by atoms with van der Waals surface area (Å²) >= 11 is 0. The van der Waals surface area contributed by atoms with Gasteiger partial charge in [0, 0.05) is 13.7 Å². The van der Waals surface area contributed by atoms with Gasteiger partial charge in [-0.05, 0) is 5.56 Å². The normalized spacial score (nSPS) is 11.2. The molecule has 1 unspecified atom stereocenters. The first-order valence-electron chi connectivity index (χ1n) is 6.78. The largest absolute Gasteiger partial charge is 0.469 e. The molecule has 0 aliphatic carbocycles. The molecule has 0 heterocycles. The maximum atomic E-state index is 11.9. The molecule has 7 heteroatoms. The molecule has 0 spiro atoms. The van der Waals surface area contributed by atoms with Gasteiger partial charge in [0.2, 0.25) is 5.91 Å². The lowest BCUT2D eigenvalue weighted by Gasteiger charge is -2.18. The van der Waals surface area contributed by atoms with Crippen LogP contribution < -0.4 is 10.6 Å². The van der Waals surface area contributed by atoms with Crippen molar-refractivity contribution in [1.29, 1.82) is 0 Å². The van der Waals surface area contributed by atoms with E-state index < -0.39 is 6.04 Å². The number of nitrogens with one attached hydrogen (secondary N) is 2. The smallest absolute Gasteiger partial charge is 0.307 e. The summed E-state index contributed by atoms with van der Waals surface area (Å²) in [4.78, 5) is 23.4. The van der Waals surface area contributed by atoms with Gasteiger partial charge in [-0.3, -0.25) is 9.59 Å². The van der Waals surface area contributed by atoms with E-state index in [1.54, 1.807) is 7.11 Å². The van der Waals surface area contributed by atoms with Crippen LogP contribution in [0.5, 0.6) is 0 Å². The molecule has 1 atom stereocenters. The molecule has 0 aromatic heterocycles. The first-order valence-corrected chi connectivity index (χ1v) is 6.78. The van der Waals surface area contributed by atoms with Crippen molar-refractivity contribution in [2.24, 2.45) is 0 Å². The van der Waals surface area contributed by atoms with Crippen LogP contribution in [0.25, 0.3) is 0 Å². The highest BCUT2D eigenvalue weighted by molar-refractivity contribution is 5.85. The number of carbonyl (C=O) groups excluding carboxylic acids is 2. The SMILES string of the molecule is COCCNCC(=O)NC(CC(=O)OC)c1ccccc1.Cl. The van der Waals surface area contributed by atoms with Crippen molar-refractivity contribution in [3.8, 4) is 0 Å². The van der Waals surface area contributed by atoms with E-state index in [1.165, 1.54) is 7.11 Å². The summed E-state index contributed by atoms with van der Waals surface area (Å²) in [5.74, 6) is -0.541. The van der Waals surface area contributed by atoms with Crippen molar-refractivity contribution < 1.29 is 19.1 Å². The van der Waals surface area contributed by atoms with Crippen molar-refractivity contribution in [2.75, 3.05) is 33.9 Å². The molecule has 0 radical (unpaired) electrons. The van der Waals surface area contributed by atoms with Crippen LogP contribution in [0.3, 0.4) is 0 Å². The lowest BCUT2D eigenvalue weighted by Crippen LogP contribution is -2.38. The minimum atomic E-state index is -0.393. The lowest BCUT2D eigenvalue weighted by molar-refractivity contribution is -0.141. The summed E-state index contributed by atoms with van der Waals surface area (Å²) in [7, 11) is 2.93. The van der Waals surface area contributed by atoms with Crippen LogP contribution in [0.2, 0.25) is 0 Å². The number of carbonyl (C=O) groups is 2. The summed E-state index contributed by atoms with van der Waals surface area (Å²) in [6, 6.07) is 8.95. The average molecular weight is 331 g/mol. The zero-order valence-electron chi connectivity index (χ0n) is 12.8. The van der Waals surface area contributed by atoms with Gasteiger partial charge in [0.25, 0.3) is 0 Å². The zero-order chi connectivity index (χ0) is 15.5. The third kappa shape index (κ3) is 7.97. The van der Waals surface area contributed by atoms with Crippen molar-refractivity contribution in [3.63, 3.8) is 0 Å². The second-order valence-electron chi connectivity index (χ2n) is 4.48. The van der Waals surface area contributed by atoms with Crippen LogP contribution in [0.15, 0.2) is 30.3 Å². The van der Waals surface area contributed by atoms with Gasteiger partial charge >= 0.3 is 5.97 Å². The fraction of sp³-hybridized carbons (Fsp3) is 0.467. The van der Waals surface area contributed by atoms with E-state index in [0.29, 0.717) is 13.2 Å². The number of hydrogen-bond acceptors (Lipinski definition) is 5. The summed E-state index contributed by atoms with van der Waals surface area (Å²) in [5, 5.41) is 5.79. The number of hydrogen-bond donors (Lipinski definition) is 2. The van der Waals surface area contributed by atoms with Crippen molar-refractivity contribution >= 4 is 24.3 Å². The molecule has 0 aliphatic rings. The molecule has 2 N–H and O–H groups in total. The summed E-state index contributed by atoms with van der Waals surface area (Å²) in [5.41, 5.74) is 0.869. The minimum absolute atomic E-state index is 0. The van der Waals surface area contributed by atoms with E-state index >= 15 is 0 Å². The Kier molecular flexibility index (Phi) is 11.1. The van der Waals surface area contributed by atoms with Crippen LogP contribution >= 0.6 is 12.4 Å². The second-order valence-corrected chi connectivity index (χ2v) is 4.48. The van der Waals surface area contributed by atoms with Crippen LogP contribution in [-0.2, 0) is 19.1 Å². The van der Waals surface area contributed by atoms with E-state index in [-0.39, 0.29) is 37.2 Å². The minimum Gasteiger partial charge on any atom is -0.469 e. The average Bonchev–Trinajstić information content (AvgIpc) is 2.51. The standard InChI is InChI=1S/C15H22N2O4.ClH/c1-20-9-8-16-11-14(18)17-13(10-15(19)21-2)12-6-4-3-5-7-12;/h3-7,13,16H,8-11H2,1-2H3,(H,17,18);1H. The second kappa shape index (κ2) is 12.0. The Morgan fingerprint density at radius 2 is 1.86 bits per heavy atom. The lowest BCUT2D eigenvalue weighted by atomic mass is 10.0. The topological polar surface area (TPSA) is 76.7 Å². The van der Waals surface area contributed by atoms with Gasteiger partial charge in [-0.25, -0.2) is 0 Å². The highest BCUT2D eigenvalue weighted by Crippen LogP contribution is 2.16. The van der Waals surface area contributed by atoms with Gasteiger partial charge in [0.1, 0.15) is 0 Å². The maximum Gasteiger partial charge on any atom is 0.307 e. The Balaban J connectivity index is 0.00000441. The Morgan fingerprint density at radius 1 is 1.18 bits per heavy atom. The highest BCUT2D eigenvalue weighted by Gasteiger charge is 2.18. The number of halogens is 1. The van der Waals surface area contributed by atoms with Gasteiger partial charge in [-0.2, -0.15) is 0 Å². The summed E-state index contributed by atoms with van der Waals surface area (Å²) < 4.78 is 9.56. The Morgan fingerprint density at radius 3 is 2.45 bits per heavy atom. The molecular formula is C15H23ClN2O4. The van der Waals surface area contributed by atoms with Crippen LogP contribution in [0, 0.1) is 0 Å². The van der Waals surface area contributed by atoms with Gasteiger partial charge in [-0.1, -0.05) is 30.3 Å². The fourth-order valence-corrected chi connectivity index (χ4v) is 1.81. The van der Waals surface area contributed by atoms with Crippen molar-refractivity contribution in [3.05, 3.63) is 35.9 Å². The number of benzene rings is 1. The quantitative estimate of drug-likeness (QED) is 0.523. The third-order valence-corrected chi connectivity index (χ3v) is 2.90. The molecule has 0 saturated heterocycles. The van der Waals surface area contributed by atoms with Crippen LogP contribution in [0.4, 0.5) is 0 Å². The molecule has 6 nitrogen and oxygen atoms in total. The van der Waals surface area contributed by atoms with Crippen LogP contribution in [-0.4, -0.2) is 45.8 Å². The van der Waals surface area contributed by atoms with Crippen molar-refractivity contribution in [2.45, 2.75) is 12.5 Å². The predicted molar refractivity (Wildman–Crippen MR) is 86.0 cm³/mol. The number of esters is 1. The molecule has 0 bridgehead atoms. The Hall–Kier alpha value is -1.63. The number of ether oxygens (including phenoxy) is 2. The monoisotopic (exact) mass is 330 g/mol. The first kappa shape index (κ1) is 20.4. The zero-order valence-corrected chi connectivity index (χ0v) is 13.7. The Bertz CT molecular complexity index is 442. The molecule has 0 aliphatic heterocycles. The van der Waals surface area contributed by atoms with Gasteiger partial charge in [0.05, 0.1) is 32.7 Å². The molecule has 1 aromatic rings. The maximum absolute atomic E-state index is 11.9. The van der Waals surface area contributed by atoms with E-state index in [1.807, 2.05) is 30.3 Å². The van der Waals surface area contributed by atoms with E-state index in [4.69, 9.17) is 4.74 Å². The molecule has 0 fully saturated rings. The first-order chi connectivity index (χ1) is 10.2. The highest BCUT2D eigenvalue weighted by atomic mass is 35.5. The van der Waals surface area contributed by atoms with Crippen molar-refractivity contribution in [1.82, 2.24) is 10.6 Å². The number of rotatable bonds is 9. The van der Waals surface area contributed by atoms with E-state index in [0.717, 1.165) is 5.56 Å². The Labute approximate surface area is 137 Å². The third-order valence-electron chi connectivity index (χ3n) is 2.90.